The summed E-state index contributed by atoms with van der Waals surface area (Å²) in [5, 5.41) is 2.98. The van der Waals surface area contributed by atoms with Crippen LogP contribution in [0.2, 0.25) is 0 Å². The smallest absolute Gasteiger partial charge is 0.270 e. The van der Waals surface area contributed by atoms with Crippen LogP contribution in [0.4, 0.5) is 5.69 Å². The van der Waals surface area contributed by atoms with Crippen molar-refractivity contribution in [1.82, 2.24) is 14.5 Å². The molecule has 96 valence electrons. The standard InChI is InChI=1S/C12H16N4OS/c1-8-14-10(7-18-8)6-16(3)12(17)11-4-9(13)5-15(11)2/h4-5,7H,6,13H2,1-3H3. The topological polar surface area (TPSA) is 64.2 Å². The quantitative estimate of drug-likeness (QED) is 0.916. The Kier molecular flexibility index (Phi) is 3.38. The third-order valence-electron chi connectivity index (χ3n) is 2.66. The number of aromatic nitrogens is 2. The predicted molar refractivity (Wildman–Crippen MR) is 72.5 cm³/mol. The molecule has 0 unspecified atom stereocenters. The lowest BCUT2D eigenvalue weighted by Crippen LogP contribution is -2.27. The van der Waals surface area contributed by atoms with Crippen LogP contribution < -0.4 is 5.73 Å². The van der Waals surface area contributed by atoms with Crippen molar-refractivity contribution in [3.63, 3.8) is 0 Å². The first-order valence-corrected chi connectivity index (χ1v) is 6.43. The summed E-state index contributed by atoms with van der Waals surface area (Å²) in [7, 11) is 3.57. The Morgan fingerprint density at radius 2 is 2.33 bits per heavy atom. The molecule has 0 radical (unpaired) electrons. The number of carbonyl (C=O) groups is 1. The Hall–Kier alpha value is -1.82. The molecule has 2 aromatic heterocycles. The van der Waals surface area contributed by atoms with Gasteiger partial charge in [0, 0.05) is 25.7 Å². The van der Waals surface area contributed by atoms with Crippen molar-refractivity contribution in [2.75, 3.05) is 12.8 Å². The van der Waals surface area contributed by atoms with E-state index in [0.29, 0.717) is 17.9 Å². The van der Waals surface area contributed by atoms with E-state index < -0.39 is 0 Å². The number of amides is 1. The molecule has 0 spiro atoms. The zero-order valence-corrected chi connectivity index (χ0v) is 11.5. The molecule has 0 aliphatic rings. The van der Waals surface area contributed by atoms with Crippen LogP contribution >= 0.6 is 11.3 Å². The van der Waals surface area contributed by atoms with E-state index in [1.165, 1.54) is 0 Å². The van der Waals surface area contributed by atoms with E-state index in [0.717, 1.165) is 10.7 Å². The second-order valence-corrected chi connectivity index (χ2v) is 5.35. The highest BCUT2D eigenvalue weighted by Crippen LogP contribution is 2.14. The normalized spacial score (nSPS) is 10.6. The zero-order chi connectivity index (χ0) is 13.3. The van der Waals surface area contributed by atoms with E-state index in [1.807, 2.05) is 19.4 Å². The van der Waals surface area contributed by atoms with Gasteiger partial charge in [0.25, 0.3) is 5.91 Å². The summed E-state index contributed by atoms with van der Waals surface area (Å²) in [6, 6.07) is 1.69. The maximum atomic E-state index is 12.2. The van der Waals surface area contributed by atoms with Gasteiger partial charge >= 0.3 is 0 Å². The molecular formula is C12H16N4OS. The second-order valence-electron chi connectivity index (χ2n) is 4.29. The van der Waals surface area contributed by atoms with Gasteiger partial charge in [0.15, 0.2) is 0 Å². The molecular weight excluding hydrogens is 248 g/mol. The highest BCUT2D eigenvalue weighted by Gasteiger charge is 2.16. The summed E-state index contributed by atoms with van der Waals surface area (Å²) in [4.78, 5) is 18.2. The fraction of sp³-hybridized carbons (Fsp3) is 0.333. The number of carbonyl (C=O) groups excluding carboxylic acids is 1. The molecule has 5 nitrogen and oxygen atoms in total. The number of thiazole rings is 1. The van der Waals surface area contributed by atoms with Gasteiger partial charge in [-0.25, -0.2) is 4.98 Å². The van der Waals surface area contributed by atoms with Crippen LogP contribution in [0.25, 0.3) is 0 Å². The highest BCUT2D eigenvalue weighted by atomic mass is 32.1. The van der Waals surface area contributed by atoms with Crippen LogP contribution in [-0.4, -0.2) is 27.4 Å². The van der Waals surface area contributed by atoms with Gasteiger partial charge in [0.2, 0.25) is 0 Å². The Balaban J connectivity index is 2.11. The van der Waals surface area contributed by atoms with E-state index in [-0.39, 0.29) is 5.91 Å². The Morgan fingerprint density at radius 1 is 1.61 bits per heavy atom. The van der Waals surface area contributed by atoms with Gasteiger partial charge in [-0.3, -0.25) is 4.79 Å². The maximum Gasteiger partial charge on any atom is 0.270 e. The number of hydrogen-bond donors (Lipinski definition) is 1. The summed E-state index contributed by atoms with van der Waals surface area (Å²) >= 11 is 1.59. The van der Waals surface area contributed by atoms with Gasteiger partial charge < -0.3 is 15.2 Å². The molecule has 0 aliphatic carbocycles. The summed E-state index contributed by atoms with van der Waals surface area (Å²) in [6.45, 7) is 2.46. The summed E-state index contributed by atoms with van der Waals surface area (Å²) in [5.41, 5.74) is 7.76. The number of nitrogens with two attached hydrogens (primary N) is 1. The maximum absolute atomic E-state index is 12.2. The van der Waals surface area contributed by atoms with Gasteiger partial charge in [0.1, 0.15) is 5.69 Å². The lowest BCUT2D eigenvalue weighted by atomic mass is 10.3. The molecule has 0 saturated heterocycles. The third-order valence-corrected chi connectivity index (χ3v) is 3.48. The molecule has 2 heterocycles. The Bertz CT molecular complexity index is 572. The lowest BCUT2D eigenvalue weighted by Gasteiger charge is -2.16. The number of hydrogen-bond acceptors (Lipinski definition) is 4. The van der Waals surface area contributed by atoms with E-state index in [9.17, 15) is 4.79 Å². The van der Waals surface area contributed by atoms with E-state index in [4.69, 9.17) is 5.73 Å². The van der Waals surface area contributed by atoms with E-state index in [2.05, 4.69) is 4.98 Å². The van der Waals surface area contributed by atoms with Crippen LogP contribution in [-0.2, 0) is 13.6 Å². The molecule has 0 saturated carbocycles. The van der Waals surface area contributed by atoms with Crippen molar-refractivity contribution in [1.29, 1.82) is 0 Å². The van der Waals surface area contributed by atoms with Crippen LogP contribution in [0.1, 0.15) is 21.2 Å². The zero-order valence-electron chi connectivity index (χ0n) is 10.7. The first kappa shape index (κ1) is 12.6. The van der Waals surface area contributed by atoms with E-state index >= 15 is 0 Å². The molecule has 2 aromatic rings. The number of nitrogen functional groups attached to an aromatic ring is 1. The Morgan fingerprint density at radius 3 is 2.83 bits per heavy atom. The van der Waals surface area contributed by atoms with Crippen molar-refractivity contribution in [3.8, 4) is 0 Å². The molecule has 0 fully saturated rings. The average molecular weight is 264 g/mol. The third kappa shape index (κ3) is 2.53. The monoisotopic (exact) mass is 264 g/mol. The first-order chi connectivity index (χ1) is 8.47. The summed E-state index contributed by atoms with van der Waals surface area (Å²) in [6.07, 6.45) is 1.73. The minimum atomic E-state index is -0.0557. The minimum absolute atomic E-state index is 0.0557. The summed E-state index contributed by atoms with van der Waals surface area (Å²) in [5.74, 6) is -0.0557. The molecule has 0 aliphatic heterocycles. The van der Waals surface area contributed by atoms with Gasteiger partial charge in [-0.15, -0.1) is 11.3 Å². The van der Waals surface area contributed by atoms with Crippen LogP contribution in [0, 0.1) is 6.92 Å². The fourth-order valence-corrected chi connectivity index (χ4v) is 2.40. The average Bonchev–Trinajstić information content (AvgIpc) is 2.84. The molecule has 18 heavy (non-hydrogen) atoms. The molecule has 0 bridgehead atoms. The van der Waals surface area contributed by atoms with Crippen molar-refractivity contribution < 1.29 is 4.79 Å². The minimum Gasteiger partial charge on any atom is -0.397 e. The van der Waals surface area contributed by atoms with E-state index in [1.54, 1.807) is 40.1 Å². The molecule has 2 N–H and O–H groups in total. The van der Waals surface area contributed by atoms with Crippen LogP contribution in [0.15, 0.2) is 17.6 Å². The molecule has 2 rings (SSSR count). The lowest BCUT2D eigenvalue weighted by molar-refractivity contribution is 0.0774. The largest absolute Gasteiger partial charge is 0.397 e. The Labute approximate surface area is 110 Å². The highest BCUT2D eigenvalue weighted by molar-refractivity contribution is 7.09. The van der Waals surface area contributed by atoms with Crippen LogP contribution in [0.5, 0.6) is 0 Å². The first-order valence-electron chi connectivity index (χ1n) is 5.55. The second kappa shape index (κ2) is 4.81. The number of nitrogens with zero attached hydrogens (tertiary/aromatic N) is 3. The summed E-state index contributed by atoms with van der Waals surface area (Å²) < 4.78 is 1.74. The van der Waals surface area contributed by atoms with Crippen molar-refractivity contribution in [2.45, 2.75) is 13.5 Å². The molecule has 0 atom stereocenters. The molecule has 1 amide bonds. The van der Waals surface area contributed by atoms with Crippen molar-refractivity contribution in [2.24, 2.45) is 7.05 Å². The van der Waals surface area contributed by atoms with Crippen molar-refractivity contribution >= 4 is 22.9 Å². The fourth-order valence-electron chi connectivity index (χ4n) is 1.79. The SMILES string of the molecule is Cc1nc(CN(C)C(=O)c2cc(N)cn2C)cs1. The number of anilines is 1. The molecule has 6 heteroatoms. The molecule has 0 aromatic carbocycles. The van der Waals surface area contributed by atoms with Gasteiger partial charge in [0.05, 0.1) is 22.9 Å². The van der Waals surface area contributed by atoms with Crippen LogP contribution in [0.3, 0.4) is 0 Å². The predicted octanol–water partition coefficient (Wildman–Crippen LogP) is 1.64. The van der Waals surface area contributed by atoms with Gasteiger partial charge in [-0.05, 0) is 13.0 Å². The number of rotatable bonds is 3. The van der Waals surface area contributed by atoms with Crippen molar-refractivity contribution in [3.05, 3.63) is 34.0 Å². The van der Waals surface area contributed by atoms with Gasteiger partial charge in [-0.1, -0.05) is 0 Å². The van der Waals surface area contributed by atoms with Gasteiger partial charge in [-0.2, -0.15) is 0 Å². The number of aryl methyl sites for hydroxylation is 2.